The minimum absolute atomic E-state index is 0.0148. The first-order valence-corrected chi connectivity index (χ1v) is 17.2. The second kappa shape index (κ2) is 14.3. The predicted molar refractivity (Wildman–Crippen MR) is 181 cm³/mol. The van der Waals surface area contributed by atoms with Crippen LogP contribution in [0.1, 0.15) is 47.3 Å². The molecule has 5 rings (SSSR count). The van der Waals surface area contributed by atoms with Gasteiger partial charge in [-0.1, -0.05) is 80.0 Å². The summed E-state index contributed by atoms with van der Waals surface area (Å²) >= 11 is 6.30. The Labute approximate surface area is 276 Å². The van der Waals surface area contributed by atoms with E-state index in [1.54, 1.807) is 17.0 Å². The van der Waals surface area contributed by atoms with Crippen molar-refractivity contribution in [3.8, 4) is 11.3 Å². The Morgan fingerprint density at radius 3 is 2.35 bits per heavy atom. The molecule has 2 atom stereocenters. The average Bonchev–Trinajstić information content (AvgIpc) is 3.14. The van der Waals surface area contributed by atoms with Crippen LogP contribution in [0.4, 0.5) is 5.95 Å². The highest BCUT2D eigenvalue weighted by atomic mass is 35.5. The third-order valence-electron chi connectivity index (χ3n) is 8.13. The number of carbonyl (C=O) groups excluding carboxylic acids is 1. The summed E-state index contributed by atoms with van der Waals surface area (Å²) in [7, 11) is -4.19. The number of rotatable bonds is 9. The van der Waals surface area contributed by atoms with Gasteiger partial charge in [-0.25, -0.2) is 23.1 Å². The van der Waals surface area contributed by atoms with Gasteiger partial charge in [0.25, 0.3) is 15.9 Å². The number of carbonyl (C=O) groups is 1. The Balaban J connectivity index is 1.38. The van der Waals surface area contributed by atoms with Crippen molar-refractivity contribution in [2.75, 3.05) is 24.4 Å². The normalized spacial score (nSPS) is 17.6. The highest BCUT2D eigenvalue weighted by molar-refractivity contribution is 7.92. The van der Waals surface area contributed by atoms with Crippen LogP contribution < -0.4 is 4.72 Å². The monoisotopic (exact) mass is 661 g/mol. The SMILES string of the molecule is Cc1cccc(C)c1-c1cc(Cl)nc(NS(=O)(=O)c2cccc(C(=O)N3C[C@@H](O)CN(Cc4ccccc4)[C@H](CC(C)C)C3)c2)n1. The van der Waals surface area contributed by atoms with Crippen molar-refractivity contribution in [2.24, 2.45) is 5.92 Å². The van der Waals surface area contributed by atoms with Crippen LogP contribution in [0, 0.1) is 19.8 Å². The standard InChI is InChI=1S/C35H40ClN5O4S/c1-23(2)16-28-20-41(22-29(42)21-40(28)19-26-12-6-5-7-13-26)34(43)27-14-9-15-30(17-27)46(44,45)39-35-37-31(18-32(36)38-35)33-24(3)10-8-11-25(33)4/h5-15,17-18,23,28-29,42H,16,19-22H2,1-4H3,(H,37,38,39)/t28-,29+/m1/s1. The molecule has 2 heterocycles. The van der Waals surface area contributed by atoms with E-state index in [1.807, 2.05) is 50.2 Å². The van der Waals surface area contributed by atoms with E-state index in [1.165, 1.54) is 18.2 Å². The molecule has 3 aromatic carbocycles. The summed E-state index contributed by atoms with van der Waals surface area (Å²) in [6.45, 7) is 9.82. The molecule has 0 unspecified atom stereocenters. The van der Waals surface area contributed by atoms with E-state index in [2.05, 4.69) is 45.6 Å². The van der Waals surface area contributed by atoms with E-state index in [0.29, 0.717) is 31.2 Å². The number of nitrogens with one attached hydrogen (secondary N) is 1. The van der Waals surface area contributed by atoms with E-state index in [9.17, 15) is 18.3 Å². The predicted octanol–water partition coefficient (Wildman–Crippen LogP) is 5.95. The molecule has 9 nitrogen and oxygen atoms in total. The third kappa shape index (κ3) is 8.11. The Hall–Kier alpha value is -3.83. The largest absolute Gasteiger partial charge is 0.390 e. The number of amides is 1. The Kier molecular flexibility index (Phi) is 10.4. The number of aliphatic hydroxyl groups excluding tert-OH is 1. The van der Waals surface area contributed by atoms with Gasteiger partial charge < -0.3 is 10.0 Å². The third-order valence-corrected chi connectivity index (χ3v) is 9.65. The molecule has 1 aromatic heterocycles. The van der Waals surface area contributed by atoms with Gasteiger partial charge in [0.1, 0.15) is 5.15 Å². The molecule has 242 valence electrons. The lowest BCUT2D eigenvalue weighted by Gasteiger charge is -2.33. The van der Waals surface area contributed by atoms with Crippen molar-refractivity contribution in [1.29, 1.82) is 0 Å². The fraction of sp³-hybridized carbons (Fsp3) is 0.343. The topological polar surface area (TPSA) is 116 Å². The molecule has 1 amide bonds. The van der Waals surface area contributed by atoms with Gasteiger partial charge in [-0.2, -0.15) is 0 Å². The minimum Gasteiger partial charge on any atom is -0.390 e. The summed E-state index contributed by atoms with van der Waals surface area (Å²) < 4.78 is 29.5. The lowest BCUT2D eigenvalue weighted by molar-refractivity contribution is 0.0660. The van der Waals surface area contributed by atoms with Gasteiger partial charge in [-0.05, 0) is 61.1 Å². The highest BCUT2D eigenvalue weighted by Crippen LogP contribution is 2.29. The van der Waals surface area contributed by atoms with E-state index in [-0.39, 0.29) is 40.1 Å². The number of aryl methyl sites for hydroxylation is 2. The molecule has 2 N–H and O–H groups in total. The van der Waals surface area contributed by atoms with Crippen LogP contribution >= 0.6 is 11.6 Å². The summed E-state index contributed by atoms with van der Waals surface area (Å²) in [6, 6.07) is 23.4. The fourth-order valence-electron chi connectivity index (χ4n) is 6.09. The molecule has 0 saturated carbocycles. The van der Waals surface area contributed by atoms with E-state index in [4.69, 9.17) is 11.6 Å². The first kappa shape index (κ1) is 33.5. The van der Waals surface area contributed by atoms with Crippen molar-refractivity contribution >= 4 is 33.5 Å². The first-order chi connectivity index (χ1) is 21.9. The Morgan fingerprint density at radius 1 is 0.957 bits per heavy atom. The van der Waals surface area contributed by atoms with Crippen molar-refractivity contribution < 1.29 is 18.3 Å². The maximum Gasteiger partial charge on any atom is 0.264 e. The minimum atomic E-state index is -4.19. The van der Waals surface area contributed by atoms with Gasteiger partial charge in [-0.3, -0.25) is 9.69 Å². The van der Waals surface area contributed by atoms with Crippen molar-refractivity contribution in [3.05, 3.63) is 106 Å². The van der Waals surface area contributed by atoms with Gasteiger partial charge in [0.15, 0.2) is 0 Å². The molecule has 1 aliphatic rings. The molecule has 1 saturated heterocycles. The van der Waals surface area contributed by atoms with Crippen LogP contribution in [0.25, 0.3) is 11.3 Å². The van der Waals surface area contributed by atoms with Crippen LogP contribution in [0.15, 0.2) is 83.8 Å². The summed E-state index contributed by atoms with van der Waals surface area (Å²) in [4.78, 5) is 26.2. The number of sulfonamides is 1. The van der Waals surface area contributed by atoms with Crippen LogP contribution in [-0.4, -0.2) is 71.0 Å². The fourth-order valence-corrected chi connectivity index (χ4v) is 7.26. The molecule has 0 aliphatic carbocycles. The van der Waals surface area contributed by atoms with Gasteiger partial charge in [-0.15, -0.1) is 0 Å². The number of halogens is 1. The number of hydrogen-bond acceptors (Lipinski definition) is 7. The number of anilines is 1. The van der Waals surface area contributed by atoms with Gasteiger partial charge in [0.2, 0.25) is 5.95 Å². The summed E-state index contributed by atoms with van der Waals surface area (Å²) in [5.74, 6) is -0.144. The second-order valence-electron chi connectivity index (χ2n) is 12.4. The summed E-state index contributed by atoms with van der Waals surface area (Å²) in [5.41, 5.74) is 4.61. The average molecular weight is 662 g/mol. The highest BCUT2D eigenvalue weighted by Gasteiger charge is 2.32. The zero-order valence-corrected chi connectivity index (χ0v) is 28.1. The summed E-state index contributed by atoms with van der Waals surface area (Å²) in [5, 5.41) is 11.1. The van der Waals surface area contributed by atoms with Crippen molar-refractivity contribution in [1.82, 2.24) is 19.8 Å². The zero-order valence-electron chi connectivity index (χ0n) is 26.5. The van der Waals surface area contributed by atoms with Crippen LogP contribution in [0.3, 0.4) is 0 Å². The number of benzene rings is 3. The molecule has 1 fully saturated rings. The lowest BCUT2D eigenvalue weighted by Crippen LogP contribution is -2.43. The molecule has 46 heavy (non-hydrogen) atoms. The first-order valence-electron chi connectivity index (χ1n) is 15.4. The molecular formula is C35H40ClN5O4S. The number of aliphatic hydroxyl groups is 1. The van der Waals surface area contributed by atoms with Crippen molar-refractivity contribution in [2.45, 2.75) is 57.7 Å². The number of β-amino-alcohol motifs (C(OH)–C–C–N with tert-alkyl or cyclic N) is 1. The van der Waals surface area contributed by atoms with Crippen molar-refractivity contribution in [3.63, 3.8) is 0 Å². The molecule has 0 radical (unpaired) electrons. The zero-order chi connectivity index (χ0) is 33.0. The smallest absolute Gasteiger partial charge is 0.264 e. The summed E-state index contributed by atoms with van der Waals surface area (Å²) in [6.07, 6.45) is 0.0789. The number of aromatic nitrogens is 2. The van der Waals surface area contributed by atoms with Crippen LogP contribution in [0.5, 0.6) is 0 Å². The Morgan fingerprint density at radius 2 is 1.65 bits per heavy atom. The van der Waals surface area contributed by atoms with E-state index in [0.717, 1.165) is 28.7 Å². The molecule has 0 bridgehead atoms. The quantitative estimate of drug-likeness (QED) is 0.213. The number of nitrogens with zero attached hydrogens (tertiary/aromatic N) is 4. The lowest BCUT2D eigenvalue weighted by atomic mass is 10.00. The molecule has 4 aromatic rings. The molecule has 11 heteroatoms. The Bertz CT molecular complexity index is 1780. The van der Waals surface area contributed by atoms with Crippen LogP contribution in [0.2, 0.25) is 5.15 Å². The molecule has 0 spiro atoms. The van der Waals surface area contributed by atoms with E-state index >= 15 is 0 Å². The maximum absolute atomic E-state index is 13.9. The van der Waals surface area contributed by atoms with Crippen LogP contribution in [-0.2, 0) is 16.6 Å². The van der Waals surface area contributed by atoms with E-state index < -0.39 is 16.1 Å². The number of hydrogen-bond donors (Lipinski definition) is 2. The maximum atomic E-state index is 13.9. The second-order valence-corrected chi connectivity index (χ2v) is 14.4. The van der Waals surface area contributed by atoms with Gasteiger partial charge in [0, 0.05) is 49.4 Å². The molecular weight excluding hydrogens is 622 g/mol. The van der Waals surface area contributed by atoms with Gasteiger partial charge in [0.05, 0.1) is 16.7 Å². The van der Waals surface area contributed by atoms with Gasteiger partial charge >= 0.3 is 0 Å². The molecule has 1 aliphatic heterocycles.